The van der Waals surface area contributed by atoms with Crippen LogP contribution < -0.4 is 0 Å². The molecule has 0 aromatic heterocycles. The Balaban J connectivity index is 1.98. The van der Waals surface area contributed by atoms with E-state index >= 15 is 0 Å². The molecule has 0 saturated carbocycles. The highest BCUT2D eigenvalue weighted by molar-refractivity contribution is 5.58. The van der Waals surface area contributed by atoms with Crippen molar-refractivity contribution in [1.82, 2.24) is 0 Å². The molecule has 0 amide bonds. The second-order valence-corrected chi connectivity index (χ2v) is 3.61. The van der Waals surface area contributed by atoms with E-state index in [0.717, 1.165) is 6.42 Å². The van der Waals surface area contributed by atoms with E-state index in [1.54, 1.807) is 0 Å². The summed E-state index contributed by atoms with van der Waals surface area (Å²) in [6.07, 6.45) is 6.92. The highest BCUT2D eigenvalue weighted by atomic mass is 14.8. The normalized spacial score (nSPS) is 21.7. The molecule has 0 fully saturated rings. The third kappa shape index (κ3) is 2.41. The monoisotopic (exact) mass is 173 g/mol. The van der Waals surface area contributed by atoms with Gasteiger partial charge in [0.1, 0.15) is 0 Å². The molecule has 0 spiro atoms. The van der Waals surface area contributed by atoms with Crippen molar-refractivity contribution in [1.29, 1.82) is 0 Å². The summed E-state index contributed by atoms with van der Waals surface area (Å²) < 4.78 is 0. The topological polar surface area (TPSA) is 12.4 Å². The zero-order valence-corrected chi connectivity index (χ0v) is 7.82. The summed E-state index contributed by atoms with van der Waals surface area (Å²) in [4.78, 5) is 4.50. The van der Waals surface area contributed by atoms with Crippen LogP contribution in [0, 0.1) is 0 Å². The first-order valence-electron chi connectivity index (χ1n) is 5.01. The van der Waals surface area contributed by atoms with Crippen LogP contribution in [0.5, 0.6) is 0 Å². The van der Waals surface area contributed by atoms with Gasteiger partial charge in [-0.2, -0.15) is 0 Å². The lowest BCUT2D eigenvalue weighted by atomic mass is 10.00. The van der Waals surface area contributed by atoms with Crippen molar-refractivity contribution < 1.29 is 0 Å². The Morgan fingerprint density at radius 3 is 2.77 bits per heavy atom. The van der Waals surface area contributed by atoms with E-state index < -0.39 is 0 Å². The molecule has 1 atom stereocenters. The van der Waals surface area contributed by atoms with Crippen molar-refractivity contribution in [3.8, 4) is 0 Å². The first-order valence-corrected chi connectivity index (χ1v) is 5.01. The van der Waals surface area contributed by atoms with Gasteiger partial charge in [0.05, 0.1) is 6.04 Å². The van der Waals surface area contributed by atoms with Crippen molar-refractivity contribution in [3.05, 3.63) is 35.9 Å². The summed E-state index contributed by atoms with van der Waals surface area (Å²) in [5.41, 5.74) is 1.41. The average Bonchev–Trinajstić information content (AvgIpc) is 2.21. The van der Waals surface area contributed by atoms with Crippen LogP contribution in [0.3, 0.4) is 0 Å². The van der Waals surface area contributed by atoms with E-state index in [4.69, 9.17) is 0 Å². The third-order valence-corrected chi connectivity index (χ3v) is 2.50. The van der Waals surface area contributed by atoms with Gasteiger partial charge < -0.3 is 0 Å². The molecular formula is C12H15N. The SMILES string of the molecule is C1=NC(Cc2ccccc2)CCC1. The molecule has 1 heteroatoms. The fraction of sp³-hybridized carbons (Fsp3) is 0.417. The number of nitrogens with zero attached hydrogens (tertiary/aromatic N) is 1. The Morgan fingerprint density at radius 1 is 1.23 bits per heavy atom. The van der Waals surface area contributed by atoms with Gasteiger partial charge in [0.15, 0.2) is 0 Å². The van der Waals surface area contributed by atoms with Crippen LogP contribution in [-0.2, 0) is 6.42 Å². The summed E-state index contributed by atoms with van der Waals surface area (Å²) in [5.74, 6) is 0. The molecule has 1 heterocycles. The second-order valence-electron chi connectivity index (χ2n) is 3.61. The van der Waals surface area contributed by atoms with Gasteiger partial charge in [0, 0.05) is 0 Å². The third-order valence-electron chi connectivity index (χ3n) is 2.50. The molecule has 1 aromatic rings. The van der Waals surface area contributed by atoms with Crippen LogP contribution >= 0.6 is 0 Å². The van der Waals surface area contributed by atoms with Gasteiger partial charge in [-0.1, -0.05) is 30.3 Å². The van der Waals surface area contributed by atoms with Crippen molar-refractivity contribution in [3.63, 3.8) is 0 Å². The lowest BCUT2D eigenvalue weighted by Crippen LogP contribution is -2.12. The molecule has 0 aliphatic carbocycles. The molecule has 0 bridgehead atoms. The maximum absolute atomic E-state index is 4.50. The number of aliphatic imine (C=N–C) groups is 1. The fourth-order valence-electron chi connectivity index (χ4n) is 1.78. The summed E-state index contributed by atoms with van der Waals surface area (Å²) in [6.45, 7) is 0. The molecule has 1 aliphatic rings. The van der Waals surface area contributed by atoms with Crippen molar-refractivity contribution >= 4 is 6.21 Å². The Kier molecular flexibility index (Phi) is 2.75. The van der Waals surface area contributed by atoms with E-state index in [1.807, 2.05) is 0 Å². The highest BCUT2D eigenvalue weighted by Gasteiger charge is 2.09. The molecule has 13 heavy (non-hydrogen) atoms. The fourth-order valence-corrected chi connectivity index (χ4v) is 1.78. The van der Waals surface area contributed by atoms with Gasteiger partial charge in [-0.25, -0.2) is 0 Å². The molecule has 1 nitrogen and oxygen atoms in total. The lowest BCUT2D eigenvalue weighted by molar-refractivity contribution is 0.572. The van der Waals surface area contributed by atoms with E-state index in [0.29, 0.717) is 6.04 Å². The molecule has 0 radical (unpaired) electrons. The van der Waals surface area contributed by atoms with Gasteiger partial charge >= 0.3 is 0 Å². The molecule has 1 aliphatic heterocycles. The first-order chi connectivity index (χ1) is 6.45. The summed E-state index contributed by atoms with van der Waals surface area (Å²) in [6, 6.07) is 11.2. The van der Waals surface area contributed by atoms with E-state index in [1.165, 1.54) is 24.8 Å². The lowest BCUT2D eigenvalue weighted by Gasteiger charge is -2.15. The van der Waals surface area contributed by atoms with Crippen molar-refractivity contribution in [2.24, 2.45) is 4.99 Å². The largest absolute Gasteiger partial charge is 0.294 e. The predicted octanol–water partition coefficient (Wildman–Crippen LogP) is 2.85. The Morgan fingerprint density at radius 2 is 2.08 bits per heavy atom. The van der Waals surface area contributed by atoms with Crippen LogP contribution in [0.4, 0.5) is 0 Å². The first kappa shape index (κ1) is 8.49. The second kappa shape index (κ2) is 4.22. The van der Waals surface area contributed by atoms with E-state index in [2.05, 4.69) is 41.5 Å². The number of rotatable bonds is 2. The minimum Gasteiger partial charge on any atom is -0.294 e. The summed E-state index contributed by atoms with van der Waals surface area (Å²) in [5, 5.41) is 0. The molecule has 0 saturated heterocycles. The summed E-state index contributed by atoms with van der Waals surface area (Å²) in [7, 11) is 0. The molecule has 1 unspecified atom stereocenters. The maximum atomic E-state index is 4.50. The molecule has 68 valence electrons. The zero-order valence-electron chi connectivity index (χ0n) is 7.82. The number of hydrogen-bond acceptors (Lipinski definition) is 1. The van der Waals surface area contributed by atoms with Gasteiger partial charge in [0.2, 0.25) is 0 Å². The smallest absolute Gasteiger partial charge is 0.0536 e. The predicted molar refractivity (Wildman–Crippen MR) is 56.3 cm³/mol. The van der Waals surface area contributed by atoms with E-state index in [-0.39, 0.29) is 0 Å². The minimum atomic E-state index is 0.538. The average molecular weight is 173 g/mol. The highest BCUT2D eigenvalue weighted by Crippen LogP contribution is 2.14. The quantitative estimate of drug-likeness (QED) is 0.652. The van der Waals surface area contributed by atoms with Crippen LogP contribution in [0.25, 0.3) is 0 Å². The van der Waals surface area contributed by atoms with E-state index in [9.17, 15) is 0 Å². The van der Waals surface area contributed by atoms with Gasteiger partial charge in [-0.05, 0) is 37.5 Å². The molecule has 0 N–H and O–H groups in total. The van der Waals surface area contributed by atoms with Crippen molar-refractivity contribution in [2.45, 2.75) is 31.7 Å². The zero-order chi connectivity index (χ0) is 8.93. The molecule has 1 aromatic carbocycles. The van der Waals surface area contributed by atoms with Crippen LogP contribution in [-0.4, -0.2) is 12.3 Å². The minimum absolute atomic E-state index is 0.538. The number of benzene rings is 1. The molecule has 2 rings (SSSR count). The van der Waals surface area contributed by atoms with Crippen LogP contribution in [0.15, 0.2) is 35.3 Å². The molecular weight excluding hydrogens is 158 g/mol. The van der Waals surface area contributed by atoms with Gasteiger partial charge in [-0.15, -0.1) is 0 Å². The van der Waals surface area contributed by atoms with Crippen molar-refractivity contribution in [2.75, 3.05) is 0 Å². The standard InChI is InChI=1S/C12H15N/c1-2-6-11(7-3-1)10-12-8-4-5-9-13-12/h1-3,6-7,9,12H,4-5,8,10H2. The Hall–Kier alpha value is -1.11. The van der Waals surface area contributed by atoms with Crippen LogP contribution in [0.1, 0.15) is 24.8 Å². The maximum Gasteiger partial charge on any atom is 0.0536 e. The Bertz CT molecular complexity index is 276. The summed E-state index contributed by atoms with van der Waals surface area (Å²) >= 11 is 0. The van der Waals surface area contributed by atoms with Crippen LogP contribution in [0.2, 0.25) is 0 Å². The van der Waals surface area contributed by atoms with Gasteiger partial charge in [-0.3, -0.25) is 4.99 Å². The number of hydrogen-bond donors (Lipinski definition) is 0. The Labute approximate surface area is 79.5 Å². The van der Waals surface area contributed by atoms with Gasteiger partial charge in [0.25, 0.3) is 0 Å².